The number of H-pyrrole nitrogens is 1. The third-order valence-electron chi connectivity index (χ3n) is 5.32. The average molecular weight is 326 g/mol. The van der Waals surface area contributed by atoms with E-state index in [1.54, 1.807) is 0 Å². The summed E-state index contributed by atoms with van der Waals surface area (Å²) in [6.45, 7) is 2.00. The van der Waals surface area contributed by atoms with Gasteiger partial charge in [0.2, 0.25) is 5.82 Å². The number of likely N-dealkylation sites (N-methyl/N-ethyl adjacent to an activating group) is 1. The van der Waals surface area contributed by atoms with Gasteiger partial charge in [0, 0.05) is 29.8 Å². The maximum Gasteiger partial charge on any atom is 0.254 e. The Labute approximate surface area is 141 Å². The normalized spacial score (nSPS) is 24.6. The van der Waals surface area contributed by atoms with Crippen molar-refractivity contribution in [2.75, 3.05) is 20.1 Å². The molecule has 2 saturated heterocycles. The van der Waals surface area contributed by atoms with Crippen LogP contribution in [0.1, 0.15) is 36.0 Å². The molecule has 2 atom stereocenters. The maximum absolute atomic E-state index is 13.0. The van der Waals surface area contributed by atoms with Gasteiger partial charge < -0.3 is 9.80 Å². The van der Waals surface area contributed by atoms with E-state index in [1.807, 2.05) is 24.3 Å². The number of aromatic amines is 1. The average Bonchev–Trinajstić information content (AvgIpc) is 3.35. The molecule has 2 unspecified atom stereocenters. The third kappa shape index (κ3) is 2.69. The number of hydrogen-bond acceptors (Lipinski definition) is 5. The number of likely N-dealkylation sites (tertiary alicyclic amines) is 2. The summed E-state index contributed by atoms with van der Waals surface area (Å²) in [4.78, 5) is 17.5. The molecule has 4 rings (SSSR count). The van der Waals surface area contributed by atoms with Gasteiger partial charge in [-0.3, -0.25) is 4.79 Å². The number of benzene rings is 1. The molecule has 7 nitrogen and oxygen atoms in total. The molecule has 0 bridgehead atoms. The number of tetrazole rings is 1. The van der Waals surface area contributed by atoms with Crippen molar-refractivity contribution in [2.24, 2.45) is 0 Å². The molecule has 2 aromatic rings. The molecule has 24 heavy (non-hydrogen) atoms. The highest BCUT2D eigenvalue weighted by Gasteiger charge is 2.38. The zero-order chi connectivity index (χ0) is 16.5. The minimum Gasteiger partial charge on any atom is -0.334 e. The van der Waals surface area contributed by atoms with Crippen molar-refractivity contribution < 1.29 is 4.79 Å². The Morgan fingerprint density at radius 3 is 2.54 bits per heavy atom. The van der Waals surface area contributed by atoms with E-state index in [0.717, 1.165) is 37.1 Å². The largest absolute Gasteiger partial charge is 0.334 e. The standard InChI is InChI=1S/C17H22N6O/c1-22-10-2-4-14(22)15-5-3-11-23(15)17(24)13-8-6-12(7-9-13)16-18-20-21-19-16/h6-9,14-15H,2-5,10-11H2,1H3,(H,18,19,20,21). The van der Waals surface area contributed by atoms with Gasteiger partial charge in [-0.2, -0.15) is 5.21 Å². The number of aromatic nitrogens is 4. The smallest absolute Gasteiger partial charge is 0.254 e. The first-order valence-electron chi connectivity index (χ1n) is 8.59. The van der Waals surface area contributed by atoms with Crippen LogP contribution in [0, 0.1) is 0 Å². The lowest BCUT2D eigenvalue weighted by Gasteiger charge is -2.33. The van der Waals surface area contributed by atoms with E-state index in [4.69, 9.17) is 0 Å². The number of amides is 1. The van der Waals surface area contributed by atoms with E-state index in [0.29, 0.717) is 17.9 Å². The SMILES string of the molecule is CN1CCCC1C1CCCN1C(=O)c1ccc(-c2nn[nH]n2)cc1. The molecule has 7 heteroatoms. The predicted octanol–water partition coefficient (Wildman–Crippen LogP) is 1.57. The summed E-state index contributed by atoms with van der Waals surface area (Å²) in [5.74, 6) is 0.679. The van der Waals surface area contributed by atoms with Crippen molar-refractivity contribution in [3.8, 4) is 11.4 Å². The molecule has 0 spiro atoms. The Morgan fingerprint density at radius 1 is 1.12 bits per heavy atom. The maximum atomic E-state index is 13.0. The molecule has 1 amide bonds. The van der Waals surface area contributed by atoms with Crippen LogP contribution in [0.2, 0.25) is 0 Å². The van der Waals surface area contributed by atoms with Gasteiger partial charge in [0.15, 0.2) is 0 Å². The fraction of sp³-hybridized carbons (Fsp3) is 0.529. The van der Waals surface area contributed by atoms with Gasteiger partial charge in [-0.15, -0.1) is 10.2 Å². The highest BCUT2D eigenvalue weighted by atomic mass is 16.2. The molecule has 0 saturated carbocycles. The second kappa shape index (κ2) is 6.32. The second-order valence-electron chi connectivity index (χ2n) is 6.71. The zero-order valence-electron chi connectivity index (χ0n) is 13.9. The fourth-order valence-corrected chi connectivity index (χ4v) is 4.08. The van der Waals surface area contributed by atoms with E-state index in [-0.39, 0.29) is 5.91 Å². The monoisotopic (exact) mass is 326 g/mol. The minimum absolute atomic E-state index is 0.137. The summed E-state index contributed by atoms with van der Waals surface area (Å²) >= 11 is 0. The number of carbonyl (C=O) groups is 1. The summed E-state index contributed by atoms with van der Waals surface area (Å²) in [6.07, 6.45) is 4.64. The topological polar surface area (TPSA) is 78.0 Å². The summed E-state index contributed by atoms with van der Waals surface area (Å²) in [5.41, 5.74) is 1.59. The molecule has 3 heterocycles. The van der Waals surface area contributed by atoms with Gasteiger partial charge in [-0.25, -0.2) is 0 Å². The van der Waals surface area contributed by atoms with Crippen LogP contribution < -0.4 is 0 Å². The Balaban J connectivity index is 1.52. The van der Waals surface area contributed by atoms with E-state index < -0.39 is 0 Å². The van der Waals surface area contributed by atoms with Crippen molar-refractivity contribution in [2.45, 2.75) is 37.8 Å². The molecule has 1 aromatic heterocycles. The molecular weight excluding hydrogens is 304 g/mol. The van der Waals surface area contributed by atoms with Crippen LogP contribution in [0.4, 0.5) is 0 Å². The van der Waals surface area contributed by atoms with Crippen LogP contribution >= 0.6 is 0 Å². The molecule has 1 N–H and O–H groups in total. The quantitative estimate of drug-likeness (QED) is 0.926. The molecule has 2 aliphatic heterocycles. The first-order chi connectivity index (χ1) is 11.7. The second-order valence-corrected chi connectivity index (χ2v) is 6.71. The highest BCUT2D eigenvalue weighted by molar-refractivity contribution is 5.95. The van der Waals surface area contributed by atoms with Gasteiger partial charge in [0.05, 0.1) is 0 Å². The number of rotatable bonds is 3. The van der Waals surface area contributed by atoms with Crippen molar-refractivity contribution in [3.05, 3.63) is 29.8 Å². The predicted molar refractivity (Wildman–Crippen MR) is 89.3 cm³/mol. The molecule has 2 aliphatic rings. The van der Waals surface area contributed by atoms with Crippen molar-refractivity contribution in [3.63, 3.8) is 0 Å². The molecule has 1 aromatic carbocycles. The molecule has 0 radical (unpaired) electrons. The lowest BCUT2D eigenvalue weighted by molar-refractivity contribution is 0.0664. The fourth-order valence-electron chi connectivity index (χ4n) is 4.08. The van der Waals surface area contributed by atoms with E-state index >= 15 is 0 Å². The number of nitrogens with one attached hydrogen (secondary N) is 1. The Hall–Kier alpha value is -2.28. The van der Waals surface area contributed by atoms with Gasteiger partial charge in [0.25, 0.3) is 5.91 Å². The van der Waals surface area contributed by atoms with Gasteiger partial charge in [-0.05, 0) is 56.6 Å². The summed E-state index contributed by atoms with van der Waals surface area (Å²) in [7, 11) is 2.18. The van der Waals surface area contributed by atoms with E-state index in [2.05, 4.69) is 37.5 Å². The van der Waals surface area contributed by atoms with Gasteiger partial charge >= 0.3 is 0 Å². The number of carbonyl (C=O) groups excluding carboxylic acids is 1. The van der Waals surface area contributed by atoms with Crippen molar-refractivity contribution in [1.82, 2.24) is 30.4 Å². The number of hydrogen-bond donors (Lipinski definition) is 1. The first kappa shape index (κ1) is 15.3. The van der Waals surface area contributed by atoms with E-state index in [9.17, 15) is 4.79 Å². The Kier molecular flexibility index (Phi) is 4.02. The molecular formula is C17H22N6O. The summed E-state index contributed by atoms with van der Waals surface area (Å²) in [6, 6.07) is 8.34. The summed E-state index contributed by atoms with van der Waals surface area (Å²) < 4.78 is 0. The molecule has 126 valence electrons. The van der Waals surface area contributed by atoms with Gasteiger partial charge in [0.1, 0.15) is 0 Å². The lowest BCUT2D eigenvalue weighted by atomic mass is 10.0. The highest BCUT2D eigenvalue weighted by Crippen LogP contribution is 2.30. The van der Waals surface area contributed by atoms with Gasteiger partial charge in [-0.1, -0.05) is 12.1 Å². The van der Waals surface area contributed by atoms with E-state index in [1.165, 1.54) is 12.8 Å². The molecule has 2 fully saturated rings. The summed E-state index contributed by atoms with van der Waals surface area (Å²) in [5, 5.41) is 13.9. The number of nitrogens with zero attached hydrogens (tertiary/aromatic N) is 5. The van der Waals surface area contributed by atoms with Crippen LogP contribution in [-0.4, -0.2) is 68.6 Å². The van der Waals surface area contributed by atoms with Crippen LogP contribution in [0.25, 0.3) is 11.4 Å². The molecule has 0 aliphatic carbocycles. The first-order valence-corrected chi connectivity index (χ1v) is 8.59. The lowest BCUT2D eigenvalue weighted by Crippen LogP contribution is -2.47. The Morgan fingerprint density at radius 2 is 1.88 bits per heavy atom. The van der Waals surface area contributed by atoms with Crippen LogP contribution in [-0.2, 0) is 0 Å². The van der Waals surface area contributed by atoms with Crippen molar-refractivity contribution >= 4 is 5.91 Å². The Bertz CT molecular complexity index is 698. The van der Waals surface area contributed by atoms with Crippen LogP contribution in [0.3, 0.4) is 0 Å². The van der Waals surface area contributed by atoms with Crippen LogP contribution in [0.5, 0.6) is 0 Å². The third-order valence-corrected chi connectivity index (χ3v) is 5.32. The van der Waals surface area contributed by atoms with Crippen LogP contribution in [0.15, 0.2) is 24.3 Å². The van der Waals surface area contributed by atoms with Crippen molar-refractivity contribution in [1.29, 1.82) is 0 Å². The zero-order valence-corrected chi connectivity index (χ0v) is 13.9. The minimum atomic E-state index is 0.137.